The molecule has 5 heteroatoms. The number of benzene rings is 1. The quantitative estimate of drug-likeness (QED) is 0.854. The summed E-state index contributed by atoms with van der Waals surface area (Å²) in [4.78, 5) is 17.4. The van der Waals surface area contributed by atoms with E-state index in [2.05, 4.69) is 40.5 Å². The fourth-order valence-electron chi connectivity index (χ4n) is 2.53. The van der Waals surface area contributed by atoms with Crippen LogP contribution in [0.25, 0.3) is 0 Å². The van der Waals surface area contributed by atoms with E-state index in [1.54, 1.807) is 0 Å². The van der Waals surface area contributed by atoms with Gasteiger partial charge in [-0.2, -0.15) is 0 Å². The number of rotatable bonds is 3. The van der Waals surface area contributed by atoms with Gasteiger partial charge in [-0.05, 0) is 60.1 Å². The van der Waals surface area contributed by atoms with Crippen LogP contribution in [0.2, 0.25) is 0 Å². The first-order valence-corrected chi connectivity index (χ1v) is 7.64. The molecule has 0 aliphatic carbocycles. The molecule has 3 nitrogen and oxygen atoms in total. The highest BCUT2D eigenvalue weighted by molar-refractivity contribution is 9.10. The van der Waals surface area contributed by atoms with Gasteiger partial charge in [-0.3, -0.25) is 4.79 Å². The maximum atomic E-state index is 12.4. The topological polar surface area (TPSA) is 23.6 Å². The van der Waals surface area contributed by atoms with Gasteiger partial charge >= 0.3 is 0 Å². The SMILES string of the molecule is CN1CCC(CN(C)C(=O)c2cc(S)ccc2Br)C1. The Labute approximate surface area is 128 Å². The molecule has 0 N–H and O–H groups in total. The number of amides is 1. The number of hydrogen-bond acceptors (Lipinski definition) is 3. The number of halogens is 1. The van der Waals surface area contributed by atoms with E-state index in [4.69, 9.17) is 0 Å². The Morgan fingerprint density at radius 1 is 1.58 bits per heavy atom. The van der Waals surface area contributed by atoms with Gasteiger partial charge in [0.15, 0.2) is 0 Å². The van der Waals surface area contributed by atoms with Gasteiger partial charge in [-0.25, -0.2) is 0 Å². The molecule has 1 fully saturated rings. The Balaban J connectivity index is 2.04. The molecule has 1 saturated heterocycles. The van der Waals surface area contributed by atoms with Crippen LogP contribution < -0.4 is 0 Å². The Morgan fingerprint density at radius 2 is 2.32 bits per heavy atom. The summed E-state index contributed by atoms with van der Waals surface area (Å²) in [7, 11) is 4.00. The van der Waals surface area contributed by atoms with Gasteiger partial charge in [0.25, 0.3) is 5.91 Å². The van der Waals surface area contributed by atoms with E-state index in [9.17, 15) is 4.79 Å². The van der Waals surface area contributed by atoms with Gasteiger partial charge in [0.05, 0.1) is 5.56 Å². The van der Waals surface area contributed by atoms with Crippen LogP contribution in [0.3, 0.4) is 0 Å². The van der Waals surface area contributed by atoms with E-state index in [-0.39, 0.29) is 5.91 Å². The predicted octanol–water partition coefficient (Wildman–Crippen LogP) is 2.76. The molecular weight excluding hydrogens is 324 g/mol. The molecule has 1 amide bonds. The summed E-state index contributed by atoms with van der Waals surface area (Å²) in [6, 6.07) is 5.55. The van der Waals surface area contributed by atoms with Crippen molar-refractivity contribution >= 4 is 34.5 Å². The van der Waals surface area contributed by atoms with Crippen molar-refractivity contribution in [1.29, 1.82) is 0 Å². The van der Waals surface area contributed by atoms with E-state index < -0.39 is 0 Å². The molecule has 1 aromatic carbocycles. The number of carbonyl (C=O) groups excluding carboxylic acids is 1. The fourth-order valence-corrected chi connectivity index (χ4v) is 3.15. The van der Waals surface area contributed by atoms with E-state index in [1.165, 1.54) is 6.42 Å². The van der Waals surface area contributed by atoms with Gasteiger partial charge in [0, 0.05) is 29.5 Å². The van der Waals surface area contributed by atoms with Crippen LogP contribution in [0.4, 0.5) is 0 Å². The number of thiol groups is 1. The van der Waals surface area contributed by atoms with Gasteiger partial charge in [0.1, 0.15) is 0 Å². The number of hydrogen-bond donors (Lipinski definition) is 1. The molecule has 0 bridgehead atoms. The van der Waals surface area contributed by atoms with Crippen molar-refractivity contribution in [3.63, 3.8) is 0 Å². The average Bonchev–Trinajstić information content (AvgIpc) is 2.77. The largest absolute Gasteiger partial charge is 0.341 e. The molecule has 1 unspecified atom stereocenters. The second-order valence-electron chi connectivity index (χ2n) is 5.27. The minimum Gasteiger partial charge on any atom is -0.341 e. The minimum atomic E-state index is 0.0531. The normalized spacial score (nSPS) is 19.7. The van der Waals surface area contributed by atoms with Crippen LogP contribution in [0.5, 0.6) is 0 Å². The van der Waals surface area contributed by atoms with Gasteiger partial charge in [-0.15, -0.1) is 12.6 Å². The smallest absolute Gasteiger partial charge is 0.254 e. The second-order valence-corrected chi connectivity index (χ2v) is 6.64. The van der Waals surface area contributed by atoms with Crippen LogP contribution in [0, 0.1) is 5.92 Å². The Morgan fingerprint density at radius 3 is 2.95 bits per heavy atom. The molecule has 0 radical (unpaired) electrons. The second kappa shape index (κ2) is 6.29. The van der Waals surface area contributed by atoms with Crippen molar-refractivity contribution in [2.24, 2.45) is 5.92 Å². The van der Waals surface area contributed by atoms with Crippen molar-refractivity contribution in [2.75, 3.05) is 33.7 Å². The molecule has 19 heavy (non-hydrogen) atoms. The Bertz CT molecular complexity index is 481. The molecule has 2 rings (SSSR count). The van der Waals surface area contributed by atoms with Crippen LogP contribution in [-0.4, -0.2) is 49.4 Å². The van der Waals surface area contributed by atoms with Crippen LogP contribution >= 0.6 is 28.6 Å². The highest BCUT2D eigenvalue weighted by atomic mass is 79.9. The maximum Gasteiger partial charge on any atom is 0.254 e. The third-order valence-corrected chi connectivity index (χ3v) is 4.52. The standard InChI is InChI=1S/C14H19BrN2OS/c1-16-6-5-10(8-16)9-17(2)14(18)12-7-11(19)3-4-13(12)15/h3-4,7,10,19H,5-6,8-9H2,1-2H3. The van der Waals surface area contributed by atoms with Crippen molar-refractivity contribution < 1.29 is 4.79 Å². The summed E-state index contributed by atoms with van der Waals surface area (Å²) in [6.45, 7) is 3.01. The molecule has 0 aromatic heterocycles. The third-order valence-electron chi connectivity index (χ3n) is 3.55. The lowest BCUT2D eigenvalue weighted by molar-refractivity contribution is 0.0773. The molecule has 1 heterocycles. The number of likely N-dealkylation sites (tertiary alicyclic amines) is 1. The molecule has 104 valence electrons. The fraction of sp³-hybridized carbons (Fsp3) is 0.500. The molecule has 1 atom stereocenters. The van der Waals surface area contributed by atoms with Crippen molar-refractivity contribution in [2.45, 2.75) is 11.3 Å². The highest BCUT2D eigenvalue weighted by Crippen LogP contribution is 2.23. The monoisotopic (exact) mass is 342 g/mol. The van der Waals surface area contributed by atoms with Crippen molar-refractivity contribution in [1.82, 2.24) is 9.80 Å². The summed E-state index contributed by atoms with van der Waals surface area (Å²) in [5.74, 6) is 0.634. The van der Waals surface area contributed by atoms with Crippen LogP contribution in [0.15, 0.2) is 27.6 Å². The Hall–Kier alpha value is -0.520. The lowest BCUT2D eigenvalue weighted by Gasteiger charge is -2.22. The first-order valence-electron chi connectivity index (χ1n) is 6.40. The van der Waals surface area contributed by atoms with Crippen LogP contribution in [-0.2, 0) is 0 Å². The first kappa shape index (κ1) is 14.9. The molecular formula is C14H19BrN2OS. The summed E-state index contributed by atoms with van der Waals surface area (Å²) < 4.78 is 0.825. The summed E-state index contributed by atoms with van der Waals surface area (Å²) in [5.41, 5.74) is 0.682. The van der Waals surface area contributed by atoms with E-state index in [0.717, 1.165) is 29.0 Å². The Kier molecular flexibility index (Phi) is 4.92. The lowest BCUT2D eigenvalue weighted by Crippen LogP contribution is -2.33. The predicted molar refractivity (Wildman–Crippen MR) is 84.0 cm³/mol. The van der Waals surface area contributed by atoms with Crippen LogP contribution in [0.1, 0.15) is 16.8 Å². The zero-order valence-corrected chi connectivity index (χ0v) is 13.7. The number of nitrogens with zero attached hydrogens (tertiary/aromatic N) is 2. The average molecular weight is 343 g/mol. The van der Waals surface area contributed by atoms with Crippen molar-refractivity contribution in [3.8, 4) is 0 Å². The summed E-state index contributed by atoms with van der Waals surface area (Å²) in [6.07, 6.45) is 1.17. The third kappa shape index (κ3) is 3.74. The maximum absolute atomic E-state index is 12.4. The molecule has 1 aliphatic heterocycles. The first-order chi connectivity index (χ1) is 8.97. The number of carbonyl (C=O) groups is 1. The zero-order valence-electron chi connectivity index (χ0n) is 11.3. The van der Waals surface area contributed by atoms with E-state index >= 15 is 0 Å². The lowest BCUT2D eigenvalue weighted by atomic mass is 10.1. The molecule has 0 spiro atoms. The summed E-state index contributed by atoms with van der Waals surface area (Å²) >= 11 is 7.73. The van der Waals surface area contributed by atoms with Crippen molar-refractivity contribution in [3.05, 3.63) is 28.2 Å². The van der Waals surface area contributed by atoms with E-state index in [1.807, 2.05) is 30.1 Å². The molecule has 0 saturated carbocycles. The summed E-state index contributed by atoms with van der Waals surface area (Å²) in [5, 5.41) is 0. The molecule has 1 aromatic rings. The molecule has 1 aliphatic rings. The van der Waals surface area contributed by atoms with E-state index in [0.29, 0.717) is 11.5 Å². The van der Waals surface area contributed by atoms with Gasteiger partial charge < -0.3 is 9.80 Å². The minimum absolute atomic E-state index is 0.0531. The highest BCUT2D eigenvalue weighted by Gasteiger charge is 2.23. The van der Waals surface area contributed by atoms with Gasteiger partial charge in [0.2, 0.25) is 0 Å². The zero-order chi connectivity index (χ0) is 14.0. The van der Waals surface area contributed by atoms with Gasteiger partial charge in [-0.1, -0.05) is 0 Å².